The van der Waals surface area contributed by atoms with Crippen molar-refractivity contribution in [2.75, 3.05) is 0 Å². The topological polar surface area (TPSA) is 0 Å². The predicted molar refractivity (Wildman–Crippen MR) is 46.2 cm³/mol. The van der Waals surface area contributed by atoms with Gasteiger partial charge >= 0.3 is 0 Å². The molecule has 0 aromatic rings. The van der Waals surface area contributed by atoms with Crippen LogP contribution in [0.4, 0.5) is 4.39 Å². The van der Waals surface area contributed by atoms with E-state index in [4.69, 9.17) is 0 Å². The molecule has 11 heavy (non-hydrogen) atoms. The van der Waals surface area contributed by atoms with E-state index in [1.807, 2.05) is 13.8 Å². The molecule has 0 bridgehead atoms. The number of hydrogen-bond donors (Lipinski definition) is 0. The molecular weight excluding hydrogens is 139 g/mol. The third-order valence-corrected chi connectivity index (χ3v) is 3.64. The largest absolute Gasteiger partial charge is 0.243 e. The molecular formula is C10H19F. The van der Waals surface area contributed by atoms with Crippen molar-refractivity contribution in [3.8, 4) is 0 Å². The predicted octanol–water partition coefficient (Wildman–Crippen LogP) is 3.42. The molecule has 1 aliphatic rings. The van der Waals surface area contributed by atoms with Crippen molar-refractivity contribution in [1.82, 2.24) is 0 Å². The molecule has 66 valence electrons. The first-order valence-electron chi connectivity index (χ1n) is 4.53. The second-order valence-corrected chi connectivity index (χ2v) is 4.77. The molecule has 0 spiro atoms. The van der Waals surface area contributed by atoms with Crippen LogP contribution in [0.1, 0.15) is 41.0 Å². The van der Waals surface area contributed by atoms with E-state index in [1.54, 1.807) is 0 Å². The van der Waals surface area contributed by atoms with E-state index >= 15 is 0 Å². The molecule has 0 nitrogen and oxygen atoms in total. The summed E-state index contributed by atoms with van der Waals surface area (Å²) in [5, 5.41) is 0. The van der Waals surface area contributed by atoms with E-state index < -0.39 is 5.67 Å². The van der Waals surface area contributed by atoms with Crippen LogP contribution in [0, 0.1) is 17.3 Å². The zero-order valence-electron chi connectivity index (χ0n) is 8.24. The quantitative estimate of drug-likeness (QED) is 0.577. The van der Waals surface area contributed by atoms with Gasteiger partial charge in [-0.2, -0.15) is 0 Å². The van der Waals surface area contributed by atoms with Crippen molar-refractivity contribution in [2.24, 2.45) is 17.3 Å². The van der Waals surface area contributed by atoms with Crippen molar-refractivity contribution in [1.29, 1.82) is 0 Å². The molecule has 1 aliphatic carbocycles. The van der Waals surface area contributed by atoms with E-state index in [0.29, 0.717) is 5.92 Å². The molecule has 1 saturated carbocycles. The molecule has 1 heteroatoms. The van der Waals surface area contributed by atoms with Gasteiger partial charge in [-0.15, -0.1) is 0 Å². The van der Waals surface area contributed by atoms with Crippen LogP contribution in [0.5, 0.6) is 0 Å². The van der Waals surface area contributed by atoms with Crippen LogP contribution in [0.2, 0.25) is 0 Å². The summed E-state index contributed by atoms with van der Waals surface area (Å²) >= 11 is 0. The van der Waals surface area contributed by atoms with Crippen molar-refractivity contribution in [3.63, 3.8) is 0 Å². The third kappa shape index (κ3) is 1.00. The van der Waals surface area contributed by atoms with Crippen LogP contribution in [0.15, 0.2) is 0 Å². The van der Waals surface area contributed by atoms with E-state index in [0.717, 1.165) is 6.42 Å². The first-order valence-corrected chi connectivity index (χ1v) is 4.53. The summed E-state index contributed by atoms with van der Waals surface area (Å²) in [7, 11) is 0. The van der Waals surface area contributed by atoms with Gasteiger partial charge in [-0.3, -0.25) is 0 Å². The molecule has 0 saturated heterocycles. The summed E-state index contributed by atoms with van der Waals surface area (Å²) in [4.78, 5) is 0. The normalized spacial score (nSPS) is 43.6. The monoisotopic (exact) mass is 158 g/mol. The zero-order chi connectivity index (χ0) is 8.86. The Labute approximate surface area is 69.2 Å². The Hall–Kier alpha value is -0.0700. The van der Waals surface area contributed by atoms with E-state index in [-0.39, 0.29) is 11.3 Å². The van der Waals surface area contributed by atoms with Crippen LogP contribution in [0.25, 0.3) is 0 Å². The Bertz CT molecular complexity index is 144. The Morgan fingerprint density at radius 2 is 1.55 bits per heavy atom. The summed E-state index contributed by atoms with van der Waals surface area (Å²) in [6.45, 7) is 10.3. The number of alkyl halides is 1. The van der Waals surface area contributed by atoms with Gasteiger partial charge in [0.05, 0.1) is 0 Å². The molecule has 0 heterocycles. The third-order valence-electron chi connectivity index (χ3n) is 3.64. The second-order valence-electron chi connectivity index (χ2n) is 4.77. The van der Waals surface area contributed by atoms with Crippen LogP contribution >= 0.6 is 0 Å². The van der Waals surface area contributed by atoms with E-state index in [9.17, 15) is 4.39 Å². The van der Waals surface area contributed by atoms with Gasteiger partial charge in [0.15, 0.2) is 0 Å². The smallest absolute Gasteiger partial charge is 0.119 e. The summed E-state index contributed by atoms with van der Waals surface area (Å²) in [6.07, 6.45) is 0.759. The van der Waals surface area contributed by atoms with Gasteiger partial charge in [0, 0.05) is 5.41 Å². The highest BCUT2D eigenvalue weighted by molar-refractivity contribution is 5.16. The highest BCUT2D eigenvalue weighted by Crippen LogP contribution is 2.66. The Kier molecular flexibility index (Phi) is 1.81. The van der Waals surface area contributed by atoms with Crippen molar-refractivity contribution >= 4 is 0 Å². The maximum Gasteiger partial charge on any atom is 0.119 e. The molecule has 0 N–H and O–H groups in total. The zero-order valence-corrected chi connectivity index (χ0v) is 8.24. The fourth-order valence-electron chi connectivity index (χ4n) is 2.04. The van der Waals surface area contributed by atoms with Crippen LogP contribution in [0.3, 0.4) is 0 Å². The lowest BCUT2D eigenvalue weighted by atomic mass is 9.87. The molecule has 0 aromatic carbocycles. The summed E-state index contributed by atoms with van der Waals surface area (Å²) in [6, 6.07) is 0. The first kappa shape index (κ1) is 9.02. The molecule has 0 aromatic heterocycles. The van der Waals surface area contributed by atoms with Gasteiger partial charge in [-0.25, -0.2) is 4.39 Å². The average Bonchev–Trinajstić information content (AvgIpc) is 2.39. The summed E-state index contributed by atoms with van der Waals surface area (Å²) in [5.74, 6) is 0.643. The minimum absolute atomic E-state index is 0.0405. The average molecular weight is 158 g/mol. The first-order chi connectivity index (χ1) is 4.84. The Morgan fingerprint density at radius 3 is 1.64 bits per heavy atom. The molecule has 0 amide bonds. The van der Waals surface area contributed by atoms with Gasteiger partial charge in [-0.05, 0) is 18.3 Å². The van der Waals surface area contributed by atoms with E-state index in [2.05, 4.69) is 20.8 Å². The molecule has 2 atom stereocenters. The molecule has 0 radical (unpaired) electrons. The van der Waals surface area contributed by atoms with E-state index in [1.165, 1.54) is 0 Å². The lowest BCUT2D eigenvalue weighted by Crippen LogP contribution is -2.23. The molecule has 1 fully saturated rings. The van der Waals surface area contributed by atoms with Crippen molar-refractivity contribution in [3.05, 3.63) is 0 Å². The summed E-state index contributed by atoms with van der Waals surface area (Å²) in [5.41, 5.74) is -0.914. The second kappa shape index (κ2) is 2.21. The molecule has 2 unspecified atom stereocenters. The van der Waals surface area contributed by atoms with Crippen molar-refractivity contribution < 1.29 is 4.39 Å². The number of hydrogen-bond acceptors (Lipinski definition) is 0. The standard InChI is InChI=1S/C10H19F/c1-7(2)9(5)6-10(9,11)8(3)4/h7-8H,6H2,1-5H3. The van der Waals surface area contributed by atoms with Crippen LogP contribution in [-0.4, -0.2) is 5.67 Å². The fraction of sp³-hybridized carbons (Fsp3) is 1.00. The van der Waals surface area contributed by atoms with Crippen LogP contribution in [-0.2, 0) is 0 Å². The highest BCUT2D eigenvalue weighted by atomic mass is 19.1. The summed E-state index contributed by atoms with van der Waals surface area (Å²) < 4.78 is 13.9. The van der Waals surface area contributed by atoms with Gasteiger partial charge in [0.1, 0.15) is 5.67 Å². The minimum Gasteiger partial charge on any atom is -0.243 e. The Balaban J connectivity index is 2.71. The SMILES string of the molecule is CC(C)C1(C)CC1(F)C(C)C. The van der Waals surface area contributed by atoms with Gasteiger partial charge in [-0.1, -0.05) is 34.6 Å². The van der Waals surface area contributed by atoms with Gasteiger partial charge < -0.3 is 0 Å². The maximum absolute atomic E-state index is 13.9. The highest BCUT2D eigenvalue weighted by Gasteiger charge is 2.68. The molecule has 0 aliphatic heterocycles. The van der Waals surface area contributed by atoms with Gasteiger partial charge in [0.2, 0.25) is 0 Å². The molecule has 1 rings (SSSR count). The lowest BCUT2D eigenvalue weighted by molar-refractivity contribution is 0.142. The number of rotatable bonds is 2. The maximum atomic E-state index is 13.9. The lowest BCUT2D eigenvalue weighted by Gasteiger charge is -2.21. The van der Waals surface area contributed by atoms with Crippen LogP contribution < -0.4 is 0 Å². The fourth-order valence-corrected chi connectivity index (χ4v) is 2.04. The Morgan fingerprint density at radius 1 is 1.09 bits per heavy atom. The van der Waals surface area contributed by atoms with Gasteiger partial charge in [0.25, 0.3) is 0 Å². The minimum atomic E-state index is -0.874. The van der Waals surface area contributed by atoms with Crippen molar-refractivity contribution in [2.45, 2.75) is 46.7 Å². The number of halogens is 1.